The van der Waals surface area contributed by atoms with E-state index in [1.54, 1.807) is 32.2 Å². The maximum Gasteiger partial charge on any atom is 0.243 e. The van der Waals surface area contributed by atoms with Crippen molar-refractivity contribution < 1.29 is 24.3 Å². The number of nitrogens with zero attached hydrogens (tertiary/aromatic N) is 1. The molecule has 0 saturated carbocycles. The molecule has 4 amide bonds. The molecule has 0 aliphatic heterocycles. The Labute approximate surface area is 331 Å². The number of nitrogens with two attached hydrogens (primary N) is 4. The summed E-state index contributed by atoms with van der Waals surface area (Å²) in [6.07, 6.45) is 2.61. The minimum absolute atomic E-state index is 0.0283. The molecule has 13 N–H and O–H groups in total. The monoisotopic (exact) mass is 773 g/mol. The van der Waals surface area contributed by atoms with Gasteiger partial charge in [0.2, 0.25) is 23.6 Å². The Hall–Kier alpha value is -6.67. The number of phenols is 1. The zero-order valence-corrected chi connectivity index (χ0v) is 32.1. The van der Waals surface area contributed by atoms with Gasteiger partial charge in [0.05, 0.1) is 6.04 Å². The number of phenolic OH excluding ortho intramolecular Hbond substituents is 1. The molecule has 0 radical (unpaired) electrons. The van der Waals surface area contributed by atoms with Crippen molar-refractivity contribution in [3.63, 3.8) is 0 Å². The Morgan fingerprint density at radius 2 is 1.30 bits per heavy atom. The van der Waals surface area contributed by atoms with Gasteiger partial charge in [-0.15, -0.1) is 0 Å². The lowest BCUT2D eigenvalue weighted by Gasteiger charge is -2.26. The normalized spacial score (nSPS) is 13.2. The second-order valence-electron chi connectivity index (χ2n) is 14.2. The van der Waals surface area contributed by atoms with Crippen molar-refractivity contribution in [3.05, 3.63) is 125 Å². The fourth-order valence-corrected chi connectivity index (χ4v) is 6.83. The molecule has 5 aromatic rings. The second kappa shape index (κ2) is 19.3. The first-order valence-electron chi connectivity index (χ1n) is 18.8. The maximum atomic E-state index is 14.4. The number of guanidine groups is 1. The van der Waals surface area contributed by atoms with Crippen LogP contribution in [0.3, 0.4) is 0 Å². The Morgan fingerprint density at radius 1 is 0.719 bits per heavy atom. The molecule has 14 heteroatoms. The van der Waals surface area contributed by atoms with Crippen LogP contribution >= 0.6 is 0 Å². The summed E-state index contributed by atoms with van der Waals surface area (Å²) in [4.78, 5) is 61.9. The van der Waals surface area contributed by atoms with Crippen LogP contribution in [0.15, 0.2) is 102 Å². The van der Waals surface area contributed by atoms with E-state index in [4.69, 9.17) is 22.9 Å². The lowest BCUT2D eigenvalue weighted by atomic mass is 9.94. The number of aromatic nitrogens is 1. The minimum Gasteiger partial charge on any atom is -0.508 e. The van der Waals surface area contributed by atoms with Crippen LogP contribution in [0.2, 0.25) is 0 Å². The molecule has 0 aliphatic rings. The third-order valence-electron chi connectivity index (χ3n) is 9.92. The largest absolute Gasteiger partial charge is 0.508 e. The molecule has 0 spiro atoms. The van der Waals surface area contributed by atoms with E-state index in [1.807, 2.05) is 78.9 Å². The number of aryl methyl sites for hydroxylation is 2. The topological polar surface area (TPSA) is 257 Å². The van der Waals surface area contributed by atoms with E-state index >= 15 is 0 Å². The van der Waals surface area contributed by atoms with Gasteiger partial charge >= 0.3 is 0 Å². The van der Waals surface area contributed by atoms with Crippen molar-refractivity contribution >= 4 is 40.5 Å². The summed E-state index contributed by atoms with van der Waals surface area (Å²) in [5.41, 5.74) is 29.4. The van der Waals surface area contributed by atoms with Gasteiger partial charge in [0.1, 0.15) is 23.9 Å². The van der Waals surface area contributed by atoms with Crippen LogP contribution in [-0.4, -0.2) is 70.4 Å². The van der Waals surface area contributed by atoms with Crippen molar-refractivity contribution in [2.45, 2.75) is 70.1 Å². The molecule has 0 saturated heterocycles. The first-order valence-corrected chi connectivity index (χ1v) is 18.8. The Morgan fingerprint density at radius 3 is 1.95 bits per heavy atom. The quantitative estimate of drug-likeness (QED) is 0.0362. The number of amides is 4. The predicted molar refractivity (Wildman–Crippen MR) is 222 cm³/mol. The van der Waals surface area contributed by atoms with E-state index in [1.165, 1.54) is 0 Å². The van der Waals surface area contributed by atoms with Gasteiger partial charge in [-0.1, -0.05) is 72.8 Å². The summed E-state index contributed by atoms with van der Waals surface area (Å²) >= 11 is 0. The average molecular weight is 774 g/mol. The van der Waals surface area contributed by atoms with Crippen molar-refractivity contribution in [2.24, 2.45) is 27.9 Å². The lowest BCUT2D eigenvalue weighted by Crippen LogP contribution is -2.58. The molecule has 0 aliphatic carbocycles. The number of aromatic amines is 1. The Kier molecular flexibility index (Phi) is 14.0. The number of aliphatic imine (C=N–C) groups is 1. The van der Waals surface area contributed by atoms with Gasteiger partial charge in [0.15, 0.2) is 5.96 Å². The highest BCUT2D eigenvalue weighted by molar-refractivity contribution is 5.95. The summed E-state index contributed by atoms with van der Waals surface area (Å²) in [7, 11) is 0. The van der Waals surface area contributed by atoms with E-state index in [9.17, 15) is 24.3 Å². The number of hydrogen-bond donors (Lipinski definition) is 9. The van der Waals surface area contributed by atoms with Crippen LogP contribution in [0.25, 0.3) is 22.0 Å². The number of primary amides is 1. The van der Waals surface area contributed by atoms with Crippen LogP contribution in [0.1, 0.15) is 40.7 Å². The number of carbonyl (C=O) groups excluding carboxylic acids is 4. The number of nitrogens with one attached hydrogen (secondary N) is 4. The zero-order valence-electron chi connectivity index (χ0n) is 32.1. The van der Waals surface area contributed by atoms with E-state index < -0.39 is 47.8 Å². The Bertz CT molecular complexity index is 2190. The van der Waals surface area contributed by atoms with Gasteiger partial charge in [-0.2, -0.15) is 0 Å². The minimum atomic E-state index is -1.20. The first-order chi connectivity index (χ1) is 27.3. The number of aromatic hydroxyl groups is 1. The molecular formula is C43H51N9O5. The molecule has 4 atom stereocenters. The summed E-state index contributed by atoms with van der Waals surface area (Å²) in [6, 6.07) is 23.7. The fraction of sp³-hybridized carbons (Fsp3) is 0.279. The molecule has 298 valence electrons. The number of para-hydroxylation sites is 1. The summed E-state index contributed by atoms with van der Waals surface area (Å²) in [6.45, 7) is 3.86. The third kappa shape index (κ3) is 11.4. The van der Waals surface area contributed by atoms with Crippen molar-refractivity contribution in [2.75, 3.05) is 6.54 Å². The number of hydrogen-bond acceptors (Lipinski definition) is 7. The number of rotatable bonds is 18. The average Bonchev–Trinajstić information content (AvgIpc) is 3.59. The zero-order chi connectivity index (χ0) is 41.1. The highest BCUT2D eigenvalue weighted by Crippen LogP contribution is 2.24. The number of fused-ring (bicyclic) bond motifs is 1. The summed E-state index contributed by atoms with van der Waals surface area (Å²) in [5.74, 6) is -2.64. The van der Waals surface area contributed by atoms with Crippen molar-refractivity contribution in [1.82, 2.24) is 20.9 Å². The number of carbonyl (C=O) groups is 4. The maximum absolute atomic E-state index is 14.4. The van der Waals surface area contributed by atoms with Crippen LogP contribution < -0.4 is 38.9 Å². The van der Waals surface area contributed by atoms with E-state index in [0.717, 1.165) is 38.7 Å². The molecule has 57 heavy (non-hydrogen) atoms. The van der Waals surface area contributed by atoms with Gasteiger partial charge in [-0.3, -0.25) is 24.2 Å². The SMILES string of the molecule is Cc1cc(O)cc(C)c1C[C@H](NC(=O)[C@H](N)CCCN=C(N)N)C(=O)N[C@@H](Cc1c[nH]c2ccccc12)C(=O)N[C@@H](Cc1ccc(-c2ccccc2)cc1)C(N)=O. The standard InChI is InChI=1S/C43H51N9O5/c1-25-19-31(53)20-26(2)33(25)23-38(51-40(55)34(44)12-8-18-48-43(46)47)42(57)52-37(22-30-24-49-35-13-7-6-11-32(30)35)41(56)50-36(39(45)54)21-27-14-16-29(17-15-27)28-9-4-3-5-10-28/h3-7,9-11,13-17,19-20,24,34,36-38,49,53H,8,12,18,21-23,44H2,1-2H3,(H2,45,54)(H,50,56)(H,51,55)(H,52,57)(H4,46,47,48)/t34-,36+,37+,38+/m1/s1. The van der Waals surface area contributed by atoms with Gasteiger partial charge in [0.25, 0.3) is 0 Å². The lowest BCUT2D eigenvalue weighted by molar-refractivity contribution is -0.133. The Balaban J connectivity index is 1.40. The molecule has 5 rings (SSSR count). The number of benzene rings is 4. The molecule has 4 aromatic carbocycles. The molecular weight excluding hydrogens is 723 g/mol. The molecule has 14 nitrogen and oxygen atoms in total. The van der Waals surface area contributed by atoms with Gasteiger partial charge < -0.3 is 49.0 Å². The molecule has 1 heterocycles. The highest BCUT2D eigenvalue weighted by Gasteiger charge is 2.31. The second-order valence-corrected chi connectivity index (χ2v) is 14.2. The molecule has 0 unspecified atom stereocenters. The first kappa shape index (κ1) is 41.5. The van der Waals surface area contributed by atoms with Crippen LogP contribution in [0.5, 0.6) is 5.75 Å². The highest BCUT2D eigenvalue weighted by atomic mass is 16.3. The number of H-pyrrole nitrogens is 1. The van der Waals surface area contributed by atoms with E-state index in [2.05, 4.69) is 25.9 Å². The van der Waals surface area contributed by atoms with Crippen LogP contribution in [0.4, 0.5) is 0 Å². The smallest absolute Gasteiger partial charge is 0.243 e. The fourth-order valence-electron chi connectivity index (χ4n) is 6.83. The van der Waals surface area contributed by atoms with E-state index in [0.29, 0.717) is 17.5 Å². The van der Waals surface area contributed by atoms with E-state index in [-0.39, 0.29) is 43.9 Å². The summed E-state index contributed by atoms with van der Waals surface area (Å²) < 4.78 is 0. The van der Waals surface area contributed by atoms with Crippen LogP contribution in [0, 0.1) is 13.8 Å². The van der Waals surface area contributed by atoms with Gasteiger partial charge in [-0.05, 0) is 83.8 Å². The predicted octanol–water partition coefficient (Wildman–Crippen LogP) is 2.51. The third-order valence-corrected chi connectivity index (χ3v) is 9.92. The van der Waals surface area contributed by atoms with Gasteiger partial charge in [0, 0.05) is 42.9 Å². The molecule has 1 aromatic heterocycles. The van der Waals surface area contributed by atoms with Crippen molar-refractivity contribution in [1.29, 1.82) is 0 Å². The molecule has 0 bridgehead atoms. The van der Waals surface area contributed by atoms with Gasteiger partial charge in [-0.25, -0.2) is 0 Å². The van der Waals surface area contributed by atoms with Crippen molar-refractivity contribution in [3.8, 4) is 16.9 Å². The summed E-state index contributed by atoms with van der Waals surface area (Å²) in [5, 5.41) is 19.5. The van der Waals surface area contributed by atoms with Crippen LogP contribution in [-0.2, 0) is 38.4 Å². The molecule has 0 fully saturated rings.